The quantitative estimate of drug-likeness (QED) is 0.376. The molecule has 1 N–H and O–H groups in total. The van der Waals surface area contributed by atoms with Crippen LogP contribution in [0.1, 0.15) is 10.4 Å². The number of nitrogens with one attached hydrogen (secondary N) is 1. The zero-order valence-electron chi connectivity index (χ0n) is 18.8. The van der Waals surface area contributed by atoms with Crippen LogP contribution in [0.2, 0.25) is 5.02 Å². The molecule has 9 heteroatoms. The maximum absolute atomic E-state index is 13.0. The van der Waals surface area contributed by atoms with E-state index < -0.39 is 5.91 Å². The van der Waals surface area contributed by atoms with Gasteiger partial charge < -0.3 is 19.7 Å². The summed E-state index contributed by atoms with van der Waals surface area (Å²) in [6.45, 7) is 4.59. The zero-order valence-corrected chi connectivity index (χ0v) is 20.4. The second-order valence-electron chi connectivity index (χ2n) is 7.60. The lowest BCUT2D eigenvalue weighted by molar-refractivity contribution is -0.112. The largest absolute Gasteiger partial charge is 0.495 e. The number of benzene rings is 2. The van der Waals surface area contributed by atoms with Crippen LogP contribution >= 0.6 is 22.9 Å². The Balaban J connectivity index is 1.69. The fourth-order valence-corrected chi connectivity index (χ4v) is 4.75. The van der Waals surface area contributed by atoms with Crippen molar-refractivity contribution >= 4 is 45.7 Å². The van der Waals surface area contributed by atoms with Gasteiger partial charge in [-0.3, -0.25) is 4.79 Å². The minimum atomic E-state index is -0.539. The number of carbonyl (C=O) groups is 1. The van der Waals surface area contributed by atoms with Crippen LogP contribution < -0.4 is 15.0 Å². The molecule has 34 heavy (non-hydrogen) atoms. The molecule has 0 radical (unpaired) electrons. The van der Waals surface area contributed by atoms with E-state index in [1.165, 1.54) is 18.4 Å². The molecule has 1 aliphatic rings. The standard InChI is InChI=1S/C25H23ClN4O3S/c1-16-12-20(21(32-2)14-19(16)26)28-24(31)18(15-27)13-22-23(17-6-4-3-5-7-17)29-25(34-22)30-8-10-33-11-9-30/h3-7,12-14H,8-11H2,1-2H3,(H,28,31)/b18-13+. The Kier molecular flexibility index (Phi) is 7.48. The van der Waals surface area contributed by atoms with Gasteiger partial charge in [0, 0.05) is 29.7 Å². The van der Waals surface area contributed by atoms with Gasteiger partial charge in [0.1, 0.15) is 17.4 Å². The van der Waals surface area contributed by atoms with E-state index in [2.05, 4.69) is 10.2 Å². The lowest BCUT2D eigenvalue weighted by Crippen LogP contribution is -2.36. The van der Waals surface area contributed by atoms with E-state index in [1.807, 2.05) is 43.3 Å². The highest BCUT2D eigenvalue weighted by atomic mass is 35.5. The number of rotatable bonds is 6. The summed E-state index contributed by atoms with van der Waals surface area (Å²) in [5, 5.41) is 13.9. The van der Waals surface area contributed by atoms with Crippen LogP contribution in [0, 0.1) is 18.3 Å². The van der Waals surface area contributed by atoms with Crippen molar-refractivity contribution in [1.82, 2.24) is 4.98 Å². The molecular formula is C25H23ClN4O3S. The topological polar surface area (TPSA) is 87.5 Å². The lowest BCUT2D eigenvalue weighted by atomic mass is 10.1. The third-order valence-electron chi connectivity index (χ3n) is 5.34. The summed E-state index contributed by atoms with van der Waals surface area (Å²) in [4.78, 5) is 20.8. The van der Waals surface area contributed by atoms with E-state index in [9.17, 15) is 10.1 Å². The normalized spacial score (nSPS) is 13.9. The molecule has 1 fully saturated rings. The number of aromatic nitrogens is 1. The van der Waals surface area contributed by atoms with Gasteiger partial charge >= 0.3 is 0 Å². The number of nitriles is 1. The number of ether oxygens (including phenoxy) is 2. The van der Waals surface area contributed by atoms with Crippen molar-refractivity contribution in [3.05, 3.63) is 63.5 Å². The summed E-state index contributed by atoms with van der Waals surface area (Å²) in [6, 6.07) is 15.1. The van der Waals surface area contributed by atoms with E-state index in [1.54, 1.807) is 18.2 Å². The first-order chi connectivity index (χ1) is 16.5. The minimum Gasteiger partial charge on any atom is -0.495 e. The summed E-state index contributed by atoms with van der Waals surface area (Å²) in [7, 11) is 1.49. The smallest absolute Gasteiger partial charge is 0.266 e. The van der Waals surface area contributed by atoms with Gasteiger partial charge in [-0.05, 0) is 24.6 Å². The third-order valence-corrected chi connectivity index (χ3v) is 6.81. The molecule has 0 saturated carbocycles. The molecule has 7 nitrogen and oxygen atoms in total. The number of carbonyl (C=O) groups excluding carboxylic acids is 1. The van der Waals surface area contributed by atoms with Crippen molar-refractivity contribution in [2.45, 2.75) is 6.92 Å². The number of thiazole rings is 1. The molecule has 0 atom stereocenters. The molecule has 1 saturated heterocycles. The molecular weight excluding hydrogens is 472 g/mol. The van der Waals surface area contributed by atoms with Gasteiger partial charge in [-0.1, -0.05) is 53.3 Å². The van der Waals surface area contributed by atoms with E-state index in [4.69, 9.17) is 26.1 Å². The number of anilines is 2. The first-order valence-electron chi connectivity index (χ1n) is 10.7. The van der Waals surface area contributed by atoms with Crippen molar-refractivity contribution in [3.8, 4) is 23.1 Å². The monoisotopic (exact) mass is 494 g/mol. The summed E-state index contributed by atoms with van der Waals surface area (Å²) < 4.78 is 10.8. The van der Waals surface area contributed by atoms with E-state index in [-0.39, 0.29) is 5.57 Å². The molecule has 174 valence electrons. The van der Waals surface area contributed by atoms with Crippen LogP contribution in [0.5, 0.6) is 5.75 Å². The molecule has 1 amide bonds. The summed E-state index contributed by atoms with van der Waals surface area (Å²) in [5.74, 6) is -0.124. The molecule has 3 aromatic rings. The third kappa shape index (κ3) is 5.23. The Morgan fingerprint density at radius 3 is 2.71 bits per heavy atom. The second kappa shape index (κ2) is 10.7. The Morgan fingerprint density at radius 2 is 2.03 bits per heavy atom. The van der Waals surface area contributed by atoms with Crippen molar-refractivity contribution < 1.29 is 14.3 Å². The van der Waals surface area contributed by atoms with E-state index >= 15 is 0 Å². The Bertz CT molecular complexity index is 1260. The van der Waals surface area contributed by atoms with E-state index in [0.29, 0.717) is 29.7 Å². The molecule has 4 rings (SSSR count). The highest BCUT2D eigenvalue weighted by Gasteiger charge is 2.21. The average Bonchev–Trinajstić information content (AvgIpc) is 3.29. The molecule has 0 spiro atoms. The van der Waals surface area contributed by atoms with Crippen LogP contribution in [-0.2, 0) is 9.53 Å². The Morgan fingerprint density at radius 1 is 1.29 bits per heavy atom. The van der Waals surface area contributed by atoms with Crippen LogP contribution in [0.3, 0.4) is 0 Å². The molecule has 2 heterocycles. The lowest BCUT2D eigenvalue weighted by Gasteiger charge is -2.26. The number of aryl methyl sites for hydroxylation is 1. The number of nitrogens with zero attached hydrogens (tertiary/aromatic N) is 3. The maximum atomic E-state index is 13.0. The summed E-state index contributed by atoms with van der Waals surface area (Å²) in [5.41, 5.74) is 2.83. The van der Waals surface area contributed by atoms with Gasteiger partial charge in [-0.15, -0.1) is 0 Å². The predicted octanol–water partition coefficient (Wildman–Crippen LogP) is 5.16. The number of amides is 1. The van der Waals surface area contributed by atoms with Crippen LogP contribution in [0.4, 0.5) is 10.8 Å². The number of hydrogen-bond donors (Lipinski definition) is 1. The second-order valence-corrected chi connectivity index (χ2v) is 9.02. The van der Waals surface area contributed by atoms with Crippen molar-refractivity contribution in [3.63, 3.8) is 0 Å². The number of halogens is 1. The first kappa shape index (κ1) is 23.8. The highest BCUT2D eigenvalue weighted by molar-refractivity contribution is 7.17. The SMILES string of the molecule is COc1cc(Cl)c(C)cc1NC(=O)/C(C#N)=C/c1sc(N2CCOCC2)nc1-c1ccccc1. The summed E-state index contributed by atoms with van der Waals surface area (Å²) in [6.07, 6.45) is 1.59. The number of morpholine rings is 1. The van der Waals surface area contributed by atoms with Crippen LogP contribution in [-0.4, -0.2) is 44.3 Å². The molecule has 2 aromatic carbocycles. The van der Waals surface area contributed by atoms with Gasteiger partial charge in [-0.25, -0.2) is 4.98 Å². The van der Waals surface area contributed by atoms with Gasteiger partial charge in [0.25, 0.3) is 5.91 Å². The maximum Gasteiger partial charge on any atom is 0.266 e. The van der Waals surface area contributed by atoms with Gasteiger partial charge in [0.05, 0.1) is 36.6 Å². The fraction of sp³-hybridized carbons (Fsp3) is 0.240. The van der Waals surface area contributed by atoms with Gasteiger partial charge in [0.2, 0.25) is 0 Å². The van der Waals surface area contributed by atoms with E-state index in [0.717, 1.165) is 39.9 Å². The highest BCUT2D eigenvalue weighted by Crippen LogP contribution is 2.36. The van der Waals surface area contributed by atoms with Gasteiger partial charge in [-0.2, -0.15) is 5.26 Å². The number of methoxy groups -OCH3 is 1. The minimum absolute atomic E-state index is 0.0379. The van der Waals surface area contributed by atoms with Crippen LogP contribution in [0.15, 0.2) is 48.0 Å². The molecule has 1 aliphatic heterocycles. The average molecular weight is 495 g/mol. The Hall–Kier alpha value is -3.38. The van der Waals surface area contributed by atoms with Crippen molar-refractivity contribution in [1.29, 1.82) is 5.26 Å². The molecule has 0 aliphatic carbocycles. The molecule has 0 unspecified atom stereocenters. The van der Waals surface area contributed by atoms with Gasteiger partial charge in [0.15, 0.2) is 5.13 Å². The molecule has 1 aromatic heterocycles. The summed E-state index contributed by atoms with van der Waals surface area (Å²) >= 11 is 7.62. The fourth-order valence-electron chi connectivity index (χ4n) is 3.51. The predicted molar refractivity (Wildman–Crippen MR) is 136 cm³/mol. The first-order valence-corrected chi connectivity index (χ1v) is 11.9. The molecule has 0 bridgehead atoms. The Labute approximate surface area is 207 Å². The zero-order chi connectivity index (χ0) is 24.1. The van der Waals surface area contributed by atoms with Crippen molar-refractivity contribution in [2.75, 3.05) is 43.6 Å². The van der Waals surface area contributed by atoms with Crippen LogP contribution in [0.25, 0.3) is 17.3 Å². The van der Waals surface area contributed by atoms with Crippen molar-refractivity contribution in [2.24, 2.45) is 0 Å². The number of hydrogen-bond acceptors (Lipinski definition) is 7.